The van der Waals surface area contributed by atoms with Gasteiger partial charge >= 0.3 is 0 Å². The van der Waals surface area contributed by atoms with Crippen molar-refractivity contribution in [2.45, 2.75) is 40.0 Å². The van der Waals surface area contributed by atoms with Crippen molar-refractivity contribution in [3.05, 3.63) is 105 Å². The van der Waals surface area contributed by atoms with Crippen LogP contribution >= 0.6 is 11.6 Å². The summed E-state index contributed by atoms with van der Waals surface area (Å²) in [6, 6.07) is 23.3. The normalized spacial score (nSPS) is 11.5. The van der Waals surface area contributed by atoms with Gasteiger partial charge in [0, 0.05) is 27.9 Å². The molecular formula is C30H27ClN6O2. The lowest BCUT2D eigenvalue weighted by Gasteiger charge is -2.22. The van der Waals surface area contributed by atoms with Crippen molar-refractivity contribution < 1.29 is 9.69 Å². The zero-order valence-electron chi connectivity index (χ0n) is 22.3. The highest BCUT2D eigenvalue weighted by Gasteiger charge is 2.21. The summed E-state index contributed by atoms with van der Waals surface area (Å²) in [4.78, 5) is 9.83. The van der Waals surface area contributed by atoms with E-state index in [9.17, 15) is 10.4 Å². The molecule has 0 atom stereocenters. The van der Waals surface area contributed by atoms with Crippen LogP contribution < -0.4 is 9.69 Å². The molecular weight excluding hydrogens is 512 g/mol. The number of fused-ring (bicyclic) bond motifs is 3. The second-order valence-electron chi connectivity index (χ2n) is 10.4. The monoisotopic (exact) mass is 538 g/mol. The molecule has 0 saturated heterocycles. The second-order valence-corrected chi connectivity index (χ2v) is 10.8. The summed E-state index contributed by atoms with van der Waals surface area (Å²) in [7, 11) is 0. The van der Waals surface area contributed by atoms with Gasteiger partial charge in [0.05, 0.1) is 0 Å². The van der Waals surface area contributed by atoms with Gasteiger partial charge in [-0.05, 0) is 80.1 Å². The number of aromatic nitrogens is 6. The summed E-state index contributed by atoms with van der Waals surface area (Å²) >= 11 is 5.55. The maximum absolute atomic E-state index is 12.4. The molecule has 0 fully saturated rings. The molecule has 9 heteroatoms. The minimum Gasteiger partial charge on any atom is -0.594 e. The summed E-state index contributed by atoms with van der Waals surface area (Å²) < 4.78 is 0. The van der Waals surface area contributed by atoms with Crippen molar-refractivity contribution >= 4 is 44.4 Å². The quantitative estimate of drug-likeness (QED) is 0.190. The molecule has 39 heavy (non-hydrogen) atoms. The summed E-state index contributed by atoms with van der Waals surface area (Å²) in [6.07, 6.45) is 0. The average molecular weight is 539 g/mol. The third-order valence-electron chi connectivity index (χ3n) is 6.55. The molecule has 196 valence electrons. The van der Waals surface area contributed by atoms with Gasteiger partial charge in [-0.15, -0.1) is 0 Å². The van der Waals surface area contributed by atoms with E-state index in [2.05, 4.69) is 66.3 Å². The van der Waals surface area contributed by atoms with Crippen molar-refractivity contribution in [3.8, 4) is 11.4 Å². The smallest absolute Gasteiger partial charge is 0.290 e. The van der Waals surface area contributed by atoms with Gasteiger partial charge in [0.25, 0.3) is 16.3 Å². The fraction of sp³-hybridized carbons (Fsp3) is 0.200. The van der Waals surface area contributed by atoms with E-state index in [1.54, 1.807) is 18.2 Å². The maximum Gasteiger partial charge on any atom is 0.290 e. The van der Waals surface area contributed by atoms with Gasteiger partial charge in [-0.25, -0.2) is 9.97 Å². The molecule has 0 N–H and O–H groups in total. The van der Waals surface area contributed by atoms with Crippen LogP contribution in [0.25, 0.3) is 44.2 Å². The summed E-state index contributed by atoms with van der Waals surface area (Å²) in [5.41, 5.74) is 6.14. The lowest BCUT2D eigenvalue weighted by atomic mass is 9.82. The largest absolute Gasteiger partial charge is 0.594 e. The summed E-state index contributed by atoms with van der Waals surface area (Å²) in [6.45, 7) is 10.4. The third kappa shape index (κ3) is 5.15. The van der Waals surface area contributed by atoms with E-state index < -0.39 is 0 Å². The molecule has 2 aromatic heterocycles. The number of halogens is 1. The van der Waals surface area contributed by atoms with Gasteiger partial charge in [-0.2, -0.15) is 0 Å². The van der Waals surface area contributed by atoms with Gasteiger partial charge in [0.2, 0.25) is 5.82 Å². The Labute approximate surface area is 230 Å². The number of nitrogens with zero attached hydrogens (tertiary/aromatic N) is 6. The Hall–Kier alpha value is -4.43. The van der Waals surface area contributed by atoms with E-state index in [-0.39, 0.29) is 10.7 Å². The predicted molar refractivity (Wildman–Crippen MR) is 153 cm³/mol. The molecule has 0 aliphatic heterocycles. The molecule has 0 aliphatic carbocycles. The van der Waals surface area contributed by atoms with E-state index in [0.717, 1.165) is 22.1 Å². The first-order valence-corrected chi connectivity index (χ1v) is 12.8. The molecule has 0 unspecified atom stereocenters. The molecule has 0 saturated carbocycles. The van der Waals surface area contributed by atoms with Gasteiger partial charge in [0.1, 0.15) is 11.0 Å². The van der Waals surface area contributed by atoms with E-state index in [1.807, 2.05) is 38.1 Å². The number of hydrogen-bond donors (Lipinski definition) is 0. The van der Waals surface area contributed by atoms with Crippen LogP contribution in [0.2, 0.25) is 5.28 Å². The number of hydrogen-bond acceptors (Lipinski definition) is 6. The molecule has 6 rings (SSSR count). The van der Waals surface area contributed by atoms with Gasteiger partial charge in [-0.3, -0.25) is 0 Å². The minimum absolute atomic E-state index is 0.0307. The van der Waals surface area contributed by atoms with Crippen LogP contribution in [-0.2, 0) is 5.41 Å². The van der Waals surface area contributed by atoms with Crippen molar-refractivity contribution in [2.75, 3.05) is 0 Å². The van der Waals surface area contributed by atoms with Crippen LogP contribution in [0, 0.1) is 24.3 Å². The SMILES string of the molecule is Cc1cccc2c1nc(-c1cc(C(C)(C)C)c3ccccc3c1)n[n+]2[O-].Cc1cccc2c1nc(Cl)n[n+]2[O-]. The molecule has 2 heterocycles. The number of rotatable bonds is 1. The van der Waals surface area contributed by atoms with Crippen molar-refractivity contribution in [3.63, 3.8) is 0 Å². The van der Waals surface area contributed by atoms with Crippen LogP contribution in [0.1, 0.15) is 37.5 Å². The van der Waals surface area contributed by atoms with Gasteiger partial charge < -0.3 is 10.4 Å². The van der Waals surface area contributed by atoms with Gasteiger partial charge in [-0.1, -0.05) is 69.3 Å². The standard InChI is InChI=1S/C22H21N3O.C8H6ClN3O/c1-14-8-7-11-19-20(14)23-21(24-25(19)26)16-12-15-9-5-6-10-17(15)18(13-16)22(2,3)4;1-5-3-2-4-6-7(5)10-8(9)11-12(6)13/h5-13H,1-4H3;2-4H,1H3. The van der Waals surface area contributed by atoms with E-state index in [1.165, 1.54) is 10.9 Å². The second kappa shape index (κ2) is 10.0. The van der Waals surface area contributed by atoms with Crippen LogP contribution in [-0.4, -0.2) is 20.2 Å². The molecule has 0 amide bonds. The van der Waals surface area contributed by atoms with Crippen LogP contribution in [0.4, 0.5) is 0 Å². The molecule has 6 aromatic rings. The summed E-state index contributed by atoms with van der Waals surface area (Å²) in [5, 5.41) is 33.6. The van der Waals surface area contributed by atoms with Crippen LogP contribution in [0.3, 0.4) is 0 Å². The Morgan fingerprint density at radius 3 is 1.95 bits per heavy atom. The fourth-order valence-electron chi connectivity index (χ4n) is 4.58. The Kier molecular flexibility index (Phi) is 6.74. The lowest BCUT2D eigenvalue weighted by Crippen LogP contribution is -2.33. The minimum atomic E-state index is -0.0319. The maximum atomic E-state index is 12.4. The summed E-state index contributed by atoms with van der Waals surface area (Å²) in [5.74, 6) is 0.457. The number of benzene rings is 4. The molecule has 0 bridgehead atoms. The van der Waals surface area contributed by atoms with E-state index >= 15 is 0 Å². The predicted octanol–water partition coefficient (Wildman–Crippen LogP) is 5.91. The topological polar surface area (TPSA) is 105 Å². The number of para-hydroxylation sites is 2. The highest BCUT2D eigenvalue weighted by molar-refractivity contribution is 6.28. The van der Waals surface area contributed by atoms with Crippen LogP contribution in [0.15, 0.2) is 72.8 Å². The first-order chi connectivity index (χ1) is 18.5. The van der Waals surface area contributed by atoms with Crippen molar-refractivity contribution in [1.29, 1.82) is 0 Å². The fourth-order valence-corrected chi connectivity index (χ4v) is 4.73. The number of aryl methyl sites for hydroxylation is 2. The molecule has 0 spiro atoms. The van der Waals surface area contributed by atoms with Crippen molar-refractivity contribution in [2.24, 2.45) is 0 Å². The Balaban J connectivity index is 0.000000198. The molecule has 0 aliphatic rings. The van der Waals surface area contributed by atoms with Crippen LogP contribution in [0.5, 0.6) is 0 Å². The van der Waals surface area contributed by atoms with E-state index in [0.29, 0.717) is 37.6 Å². The van der Waals surface area contributed by atoms with Gasteiger partial charge in [0.15, 0.2) is 0 Å². The van der Waals surface area contributed by atoms with Crippen molar-refractivity contribution in [1.82, 2.24) is 20.2 Å². The Morgan fingerprint density at radius 2 is 1.31 bits per heavy atom. The Morgan fingerprint density at radius 1 is 0.718 bits per heavy atom. The zero-order valence-corrected chi connectivity index (χ0v) is 23.1. The molecule has 0 radical (unpaired) electrons. The highest BCUT2D eigenvalue weighted by atomic mass is 35.5. The molecule has 4 aromatic carbocycles. The molecule has 8 nitrogen and oxygen atoms in total. The first kappa shape index (κ1) is 26.2. The zero-order chi connectivity index (χ0) is 27.9. The first-order valence-electron chi connectivity index (χ1n) is 12.5. The lowest BCUT2D eigenvalue weighted by molar-refractivity contribution is -0.643. The highest BCUT2D eigenvalue weighted by Crippen LogP contribution is 2.34. The third-order valence-corrected chi connectivity index (χ3v) is 6.71. The average Bonchev–Trinajstić information content (AvgIpc) is 2.89. The Bertz CT molecular complexity index is 1870. The van der Waals surface area contributed by atoms with E-state index in [4.69, 9.17) is 16.6 Å².